The van der Waals surface area contributed by atoms with Crippen molar-refractivity contribution >= 4 is 28.5 Å². The number of hydrogen-bond donors (Lipinski definition) is 3. The van der Waals surface area contributed by atoms with E-state index in [0.29, 0.717) is 11.7 Å². The molecule has 8 nitrogen and oxygen atoms in total. The van der Waals surface area contributed by atoms with Gasteiger partial charge in [-0.15, -0.1) is 11.3 Å². The van der Waals surface area contributed by atoms with Crippen LogP contribution in [0, 0.1) is 0 Å². The highest BCUT2D eigenvalue weighted by Crippen LogP contribution is 2.27. The van der Waals surface area contributed by atoms with Gasteiger partial charge in [0.25, 0.3) is 0 Å². The second-order valence-corrected chi connectivity index (χ2v) is 9.74. The Labute approximate surface area is 192 Å². The van der Waals surface area contributed by atoms with Crippen molar-refractivity contribution in [2.45, 2.75) is 70.9 Å². The Morgan fingerprint density at radius 2 is 1.97 bits per heavy atom. The van der Waals surface area contributed by atoms with Gasteiger partial charge in [0.2, 0.25) is 5.91 Å². The predicted molar refractivity (Wildman–Crippen MR) is 123 cm³/mol. The summed E-state index contributed by atoms with van der Waals surface area (Å²) in [6.07, 6.45) is 2.73. The number of thiazole rings is 1. The number of amides is 2. The molecule has 0 saturated heterocycles. The van der Waals surface area contributed by atoms with Crippen LogP contribution in [0.5, 0.6) is 0 Å². The van der Waals surface area contributed by atoms with E-state index in [9.17, 15) is 14.7 Å². The number of rotatable bonds is 7. The normalized spacial score (nSPS) is 18.8. The zero-order chi connectivity index (χ0) is 23.1. The maximum Gasteiger partial charge on any atom is 0.408 e. The summed E-state index contributed by atoms with van der Waals surface area (Å²) in [6, 6.07) is 7.97. The highest BCUT2D eigenvalue weighted by atomic mass is 32.1. The monoisotopic (exact) mass is 461 g/mol. The standard InChI is InChI=1S/C23H31N3O5S/c1-23(2,3)31-22(29)24-12-20(28)26-21-25-19(14-32-21)16-6-4-5-15(11-16)13-30-18-9-7-17(27)8-10-18/h4-6,11,14,17-18,27H,7-10,12-13H2,1-3H3,(H,24,29)(H,25,26,28). The Balaban J connectivity index is 1.50. The first-order valence-corrected chi connectivity index (χ1v) is 11.7. The number of alkyl carbamates (subject to hydrolysis) is 1. The van der Waals surface area contributed by atoms with Crippen LogP contribution in [0.3, 0.4) is 0 Å². The van der Waals surface area contributed by atoms with Gasteiger partial charge in [-0.2, -0.15) is 0 Å². The first kappa shape index (κ1) is 24.2. The van der Waals surface area contributed by atoms with E-state index in [4.69, 9.17) is 9.47 Å². The molecule has 0 unspecified atom stereocenters. The van der Waals surface area contributed by atoms with Gasteiger partial charge >= 0.3 is 6.09 Å². The molecule has 0 aliphatic heterocycles. The van der Waals surface area contributed by atoms with Crippen LogP contribution < -0.4 is 10.6 Å². The lowest BCUT2D eigenvalue weighted by Gasteiger charge is -2.25. The molecule has 1 fully saturated rings. The molecule has 0 spiro atoms. The molecular weight excluding hydrogens is 430 g/mol. The third-order valence-corrected chi connectivity index (χ3v) is 5.65. The van der Waals surface area contributed by atoms with Crippen molar-refractivity contribution in [1.29, 1.82) is 0 Å². The fourth-order valence-electron chi connectivity index (χ4n) is 3.34. The van der Waals surface area contributed by atoms with E-state index in [1.807, 2.05) is 29.6 Å². The van der Waals surface area contributed by atoms with Gasteiger partial charge in [-0.25, -0.2) is 9.78 Å². The summed E-state index contributed by atoms with van der Waals surface area (Å²) >= 11 is 1.32. The minimum atomic E-state index is -0.643. The minimum Gasteiger partial charge on any atom is -0.444 e. The predicted octanol–water partition coefficient (Wildman–Crippen LogP) is 4.09. The molecule has 9 heteroatoms. The number of carbonyl (C=O) groups is 2. The second-order valence-electron chi connectivity index (χ2n) is 8.88. The average Bonchev–Trinajstić information content (AvgIpc) is 3.19. The van der Waals surface area contributed by atoms with E-state index >= 15 is 0 Å². The largest absolute Gasteiger partial charge is 0.444 e. The SMILES string of the molecule is CC(C)(C)OC(=O)NCC(=O)Nc1nc(-c2cccc(COC3CCC(O)CC3)c2)cs1. The van der Waals surface area contributed by atoms with E-state index in [2.05, 4.69) is 15.6 Å². The second kappa shape index (κ2) is 10.9. The first-order valence-electron chi connectivity index (χ1n) is 10.8. The van der Waals surface area contributed by atoms with Crippen LogP contribution in [-0.2, 0) is 20.9 Å². The van der Waals surface area contributed by atoms with Crippen LogP contribution in [-0.4, -0.2) is 46.4 Å². The molecule has 32 heavy (non-hydrogen) atoms. The molecule has 1 aromatic carbocycles. The molecule has 0 atom stereocenters. The lowest BCUT2D eigenvalue weighted by Crippen LogP contribution is -2.37. The van der Waals surface area contributed by atoms with Crippen molar-refractivity contribution in [3.05, 3.63) is 35.2 Å². The van der Waals surface area contributed by atoms with Crippen molar-refractivity contribution < 1.29 is 24.2 Å². The Morgan fingerprint density at radius 3 is 2.69 bits per heavy atom. The van der Waals surface area contributed by atoms with Gasteiger partial charge in [0.15, 0.2) is 5.13 Å². The van der Waals surface area contributed by atoms with E-state index in [1.54, 1.807) is 20.8 Å². The average molecular weight is 462 g/mol. The summed E-state index contributed by atoms with van der Waals surface area (Å²) < 4.78 is 11.1. The molecule has 1 aliphatic rings. The molecule has 0 bridgehead atoms. The van der Waals surface area contributed by atoms with Crippen LogP contribution in [0.2, 0.25) is 0 Å². The zero-order valence-electron chi connectivity index (χ0n) is 18.7. The smallest absolute Gasteiger partial charge is 0.408 e. The summed E-state index contributed by atoms with van der Waals surface area (Å²) in [4.78, 5) is 28.2. The number of aliphatic hydroxyl groups is 1. The molecule has 1 heterocycles. The minimum absolute atomic E-state index is 0.189. The lowest BCUT2D eigenvalue weighted by molar-refractivity contribution is -0.115. The molecule has 1 saturated carbocycles. The third kappa shape index (κ3) is 7.89. The summed E-state index contributed by atoms with van der Waals surface area (Å²) in [5, 5.41) is 17.1. The van der Waals surface area contributed by atoms with Gasteiger partial charge < -0.3 is 25.2 Å². The van der Waals surface area contributed by atoms with Crippen LogP contribution in [0.4, 0.5) is 9.93 Å². The van der Waals surface area contributed by atoms with Crippen LogP contribution >= 0.6 is 11.3 Å². The summed E-state index contributed by atoms with van der Waals surface area (Å²) in [5.41, 5.74) is 2.12. The van der Waals surface area contributed by atoms with Crippen LogP contribution in [0.1, 0.15) is 52.0 Å². The number of aliphatic hydroxyl groups excluding tert-OH is 1. The summed E-state index contributed by atoms with van der Waals surface area (Å²) in [5.74, 6) is -0.378. The van der Waals surface area contributed by atoms with E-state index in [0.717, 1.165) is 42.5 Å². The van der Waals surface area contributed by atoms with Gasteiger partial charge in [0.05, 0.1) is 24.5 Å². The van der Waals surface area contributed by atoms with Crippen LogP contribution in [0.25, 0.3) is 11.3 Å². The maximum absolute atomic E-state index is 12.1. The number of ether oxygens (including phenoxy) is 2. The summed E-state index contributed by atoms with van der Waals surface area (Å²) in [6.45, 7) is 5.58. The van der Waals surface area contributed by atoms with Gasteiger partial charge in [0, 0.05) is 10.9 Å². The number of nitrogens with zero attached hydrogens (tertiary/aromatic N) is 1. The number of hydrogen-bond acceptors (Lipinski definition) is 7. The van der Waals surface area contributed by atoms with Crippen molar-refractivity contribution in [1.82, 2.24) is 10.3 Å². The van der Waals surface area contributed by atoms with Gasteiger partial charge in [-0.3, -0.25) is 4.79 Å². The molecule has 174 valence electrons. The Morgan fingerprint density at radius 1 is 1.22 bits per heavy atom. The van der Waals surface area contributed by atoms with Gasteiger partial charge in [-0.05, 0) is 58.1 Å². The van der Waals surface area contributed by atoms with E-state index in [-0.39, 0.29) is 24.7 Å². The van der Waals surface area contributed by atoms with Crippen LogP contribution in [0.15, 0.2) is 29.6 Å². The zero-order valence-corrected chi connectivity index (χ0v) is 19.5. The lowest BCUT2D eigenvalue weighted by atomic mass is 9.95. The third-order valence-electron chi connectivity index (χ3n) is 4.89. The number of carbonyl (C=O) groups excluding carboxylic acids is 2. The topological polar surface area (TPSA) is 110 Å². The molecule has 0 radical (unpaired) electrons. The Bertz CT molecular complexity index is 916. The van der Waals surface area contributed by atoms with Crippen molar-refractivity contribution in [3.8, 4) is 11.3 Å². The summed E-state index contributed by atoms with van der Waals surface area (Å²) in [7, 11) is 0. The van der Waals surface area contributed by atoms with Crippen molar-refractivity contribution in [3.63, 3.8) is 0 Å². The van der Waals surface area contributed by atoms with Gasteiger partial charge in [0.1, 0.15) is 12.1 Å². The number of nitrogens with one attached hydrogen (secondary N) is 2. The van der Waals surface area contributed by atoms with E-state index in [1.165, 1.54) is 11.3 Å². The number of aromatic nitrogens is 1. The Kier molecular flexibility index (Phi) is 8.22. The molecule has 3 rings (SSSR count). The van der Waals surface area contributed by atoms with Gasteiger partial charge in [-0.1, -0.05) is 18.2 Å². The molecule has 2 aromatic rings. The maximum atomic E-state index is 12.1. The molecule has 1 aromatic heterocycles. The quantitative estimate of drug-likeness (QED) is 0.573. The molecular formula is C23H31N3O5S. The fraction of sp³-hybridized carbons (Fsp3) is 0.522. The molecule has 2 amide bonds. The number of anilines is 1. The Hall–Kier alpha value is -2.49. The highest BCUT2D eigenvalue weighted by molar-refractivity contribution is 7.14. The highest BCUT2D eigenvalue weighted by Gasteiger charge is 2.20. The first-order chi connectivity index (χ1) is 15.2. The van der Waals surface area contributed by atoms with Crippen molar-refractivity contribution in [2.24, 2.45) is 0 Å². The van der Waals surface area contributed by atoms with Crippen molar-refractivity contribution in [2.75, 3.05) is 11.9 Å². The van der Waals surface area contributed by atoms with E-state index < -0.39 is 11.7 Å². The molecule has 3 N–H and O–H groups in total. The number of benzene rings is 1. The fourth-order valence-corrected chi connectivity index (χ4v) is 4.08. The molecule has 1 aliphatic carbocycles.